The highest BCUT2D eigenvalue weighted by molar-refractivity contribution is 6.33. The van der Waals surface area contributed by atoms with Gasteiger partial charge in [-0.25, -0.2) is 0 Å². The number of amides is 2. The van der Waals surface area contributed by atoms with Crippen LogP contribution in [0.3, 0.4) is 0 Å². The molecule has 0 N–H and O–H groups in total. The Kier molecular flexibility index (Phi) is 5.46. The summed E-state index contributed by atoms with van der Waals surface area (Å²) in [6, 6.07) is 29.6. The molecule has 0 atom stereocenters. The van der Waals surface area contributed by atoms with Crippen LogP contribution in [0.2, 0.25) is 0 Å². The van der Waals surface area contributed by atoms with Crippen LogP contribution in [0, 0.1) is 0 Å². The molecule has 0 aliphatic carbocycles. The summed E-state index contributed by atoms with van der Waals surface area (Å²) in [5, 5.41) is 0. The number of nitrogens with zero attached hydrogens (tertiary/aromatic N) is 1. The summed E-state index contributed by atoms with van der Waals surface area (Å²) in [4.78, 5) is 28.2. The Morgan fingerprint density at radius 3 is 2.22 bits per heavy atom. The van der Waals surface area contributed by atoms with Gasteiger partial charge in [-0.15, -0.1) is 0 Å². The van der Waals surface area contributed by atoms with Crippen molar-refractivity contribution in [2.75, 3.05) is 6.79 Å². The normalized spacial score (nSPS) is 15.2. The number of carbonyl (C=O) groups is 2. The van der Waals surface area contributed by atoms with E-state index in [-0.39, 0.29) is 25.2 Å². The van der Waals surface area contributed by atoms with E-state index in [1.54, 1.807) is 24.3 Å². The molecular weight excluding hydrogens is 454 g/mol. The van der Waals surface area contributed by atoms with E-state index in [0.29, 0.717) is 33.9 Å². The Morgan fingerprint density at radius 1 is 0.722 bits per heavy atom. The molecule has 2 aliphatic heterocycles. The molecule has 0 fully saturated rings. The first-order valence-electron chi connectivity index (χ1n) is 11.5. The average Bonchev–Trinajstić information content (AvgIpc) is 3.39. The molecule has 176 valence electrons. The van der Waals surface area contributed by atoms with Crippen LogP contribution < -0.4 is 14.2 Å². The molecule has 0 bridgehead atoms. The van der Waals surface area contributed by atoms with E-state index in [1.165, 1.54) is 4.90 Å². The molecular formula is C30H21NO5. The van der Waals surface area contributed by atoms with Crippen molar-refractivity contribution < 1.29 is 23.8 Å². The molecule has 2 amide bonds. The Balaban J connectivity index is 1.31. The highest BCUT2D eigenvalue weighted by Gasteiger charge is 2.34. The Hall–Kier alpha value is -4.84. The maximum Gasteiger partial charge on any atom is 0.261 e. The maximum atomic E-state index is 13.6. The number of para-hydroxylation sites is 1. The molecule has 0 radical (unpaired) electrons. The molecule has 36 heavy (non-hydrogen) atoms. The highest BCUT2D eigenvalue weighted by Crippen LogP contribution is 2.35. The third-order valence-corrected chi connectivity index (χ3v) is 6.12. The molecule has 4 aromatic carbocycles. The summed E-state index contributed by atoms with van der Waals surface area (Å²) < 4.78 is 16.7. The van der Waals surface area contributed by atoms with Gasteiger partial charge in [0, 0.05) is 11.1 Å². The number of rotatable bonds is 5. The van der Waals surface area contributed by atoms with Crippen LogP contribution in [0.25, 0.3) is 11.6 Å². The largest absolute Gasteiger partial charge is 0.457 e. The molecule has 0 aromatic heterocycles. The van der Waals surface area contributed by atoms with E-state index in [4.69, 9.17) is 14.2 Å². The van der Waals surface area contributed by atoms with Crippen LogP contribution in [0.5, 0.6) is 23.0 Å². The van der Waals surface area contributed by atoms with Crippen molar-refractivity contribution in [3.05, 3.63) is 119 Å². The zero-order valence-electron chi connectivity index (χ0n) is 19.2. The molecule has 4 aromatic rings. The summed E-state index contributed by atoms with van der Waals surface area (Å²) in [6.45, 7) is 0.291. The number of hydrogen-bond acceptors (Lipinski definition) is 5. The van der Waals surface area contributed by atoms with Crippen molar-refractivity contribution >= 4 is 23.5 Å². The Morgan fingerprint density at radius 2 is 1.42 bits per heavy atom. The average molecular weight is 476 g/mol. The molecule has 0 unspecified atom stereocenters. The van der Waals surface area contributed by atoms with Gasteiger partial charge in [-0.1, -0.05) is 54.6 Å². The standard InChI is InChI=1S/C30H21NO5/c32-29-25-9-5-4-8-24(25)26(16-20-10-13-23(14-11-20)36-22-6-2-1-3-7-22)30(33)31(29)18-21-12-15-27-28(17-21)35-19-34-27/h1-17H,18-19H2. The number of ether oxygens (including phenoxy) is 3. The zero-order valence-corrected chi connectivity index (χ0v) is 19.2. The predicted molar refractivity (Wildman–Crippen MR) is 135 cm³/mol. The number of hydrogen-bond donors (Lipinski definition) is 0. The second kappa shape index (κ2) is 9.07. The first-order valence-corrected chi connectivity index (χ1v) is 11.5. The van der Waals surface area contributed by atoms with E-state index in [0.717, 1.165) is 16.9 Å². The van der Waals surface area contributed by atoms with Crippen LogP contribution in [-0.2, 0) is 11.3 Å². The van der Waals surface area contributed by atoms with E-state index in [9.17, 15) is 9.59 Å². The van der Waals surface area contributed by atoms with Gasteiger partial charge >= 0.3 is 0 Å². The van der Waals surface area contributed by atoms with Gasteiger partial charge in [0.2, 0.25) is 6.79 Å². The van der Waals surface area contributed by atoms with Gasteiger partial charge in [0.15, 0.2) is 11.5 Å². The minimum absolute atomic E-state index is 0.129. The van der Waals surface area contributed by atoms with Crippen LogP contribution in [0.1, 0.15) is 27.0 Å². The predicted octanol–water partition coefficient (Wildman–Crippen LogP) is 5.93. The van der Waals surface area contributed by atoms with Gasteiger partial charge < -0.3 is 14.2 Å². The fourth-order valence-electron chi connectivity index (χ4n) is 4.33. The van der Waals surface area contributed by atoms with Crippen LogP contribution in [-0.4, -0.2) is 23.5 Å². The van der Waals surface area contributed by atoms with E-state index >= 15 is 0 Å². The number of imide groups is 1. The molecule has 6 rings (SSSR count). The van der Waals surface area contributed by atoms with Crippen molar-refractivity contribution in [2.45, 2.75) is 6.54 Å². The Labute approximate surface area is 208 Å². The van der Waals surface area contributed by atoms with Gasteiger partial charge in [0.1, 0.15) is 11.5 Å². The smallest absolute Gasteiger partial charge is 0.261 e. The van der Waals surface area contributed by atoms with Crippen molar-refractivity contribution in [3.63, 3.8) is 0 Å². The zero-order chi connectivity index (χ0) is 24.5. The lowest BCUT2D eigenvalue weighted by molar-refractivity contribution is -0.123. The van der Waals surface area contributed by atoms with Gasteiger partial charge in [0.05, 0.1) is 6.54 Å². The third-order valence-electron chi connectivity index (χ3n) is 6.12. The highest BCUT2D eigenvalue weighted by atomic mass is 16.7. The van der Waals surface area contributed by atoms with Crippen molar-refractivity contribution in [3.8, 4) is 23.0 Å². The summed E-state index contributed by atoms with van der Waals surface area (Å²) in [6.07, 6.45) is 1.81. The SMILES string of the molecule is O=C1C(=Cc2ccc(Oc3ccccc3)cc2)c2ccccc2C(=O)N1Cc1ccc2c(c1)OCO2. The third kappa shape index (κ3) is 4.09. The van der Waals surface area contributed by atoms with Crippen LogP contribution in [0.4, 0.5) is 0 Å². The summed E-state index contributed by atoms with van der Waals surface area (Å²) in [5.74, 6) is 2.04. The maximum absolute atomic E-state index is 13.6. The minimum Gasteiger partial charge on any atom is -0.457 e. The van der Waals surface area contributed by atoms with Gasteiger partial charge in [-0.2, -0.15) is 0 Å². The topological polar surface area (TPSA) is 65.1 Å². The molecule has 0 saturated heterocycles. The van der Waals surface area contributed by atoms with Crippen LogP contribution >= 0.6 is 0 Å². The lowest BCUT2D eigenvalue weighted by Gasteiger charge is -2.29. The molecule has 2 heterocycles. The second-order valence-electron chi connectivity index (χ2n) is 8.47. The first-order chi connectivity index (χ1) is 17.7. The van der Waals surface area contributed by atoms with E-state index in [2.05, 4.69) is 0 Å². The lowest BCUT2D eigenvalue weighted by Crippen LogP contribution is -2.41. The molecule has 6 heteroatoms. The lowest BCUT2D eigenvalue weighted by atomic mass is 9.91. The van der Waals surface area contributed by atoms with Gasteiger partial charge in [-0.3, -0.25) is 14.5 Å². The number of fused-ring (bicyclic) bond motifs is 2. The molecule has 6 nitrogen and oxygen atoms in total. The molecule has 0 spiro atoms. The van der Waals surface area contributed by atoms with Gasteiger partial charge in [0.25, 0.3) is 11.8 Å². The quantitative estimate of drug-likeness (QED) is 0.264. The van der Waals surface area contributed by atoms with Crippen LogP contribution in [0.15, 0.2) is 97.1 Å². The van der Waals surface area contributed by atoms with Crippen molar-refractivity contribution in [2.24, 2.45) is 0 Å². The summed E-state index contributed by atoms with van der Waals surface area (Å²) in [5.41, 5.74) is 3.18. The molecule has 0 saturated carbocycles. The second-order valence-corrected chi connectivity index (χ2v) is 8.47. The number of benzene rings is 4. The van der Waals surface area contributed by atoms with E-state index in [1.807, 2.05) is 78.9 Å². The van der Waals surface area contributed by atoms with Crippen molar-refractivity contribution in [1.82, 2.24) is 4.90 Å². The summed E-state index contributed by atoms with van der Waals surface area (Å²) >= 11 is 0. The number of carbonyl (C=O) groups excluding carboxylic acids is 2. The van der Waals surface area contributed by atoms with E-state index < -0.39 is 0 Å². The summed E-state index contributed by atoms with van der Waals surface area (Å²) in [7, 11) is 0. The fourth-order valence-corrected chi connectivity index (χ4v) is 4.33. The first kappa shape index (κ1) is 21.7. The fraction of sp³-hybridized carbons (Fsp3) is 0.0667. The molecule has 2 aliphatic rings. The Bertz CT molecular complexity index is 1490. The monoisotopic (exact) mass is 475 g/mol. The van der Waals surface area contributed by atoms with Gasteiger partial charge in [-0.05, 0) is 65.2 Å². The van der Waals surface area contributed by atoms with Crippen molar-refractivity contribution in [1.29, 1.82) is 0 Å². The minimum atomic E-state index is -0.346.